The van der Waals surface area contributed by atoms with Crippen molar-refractivity contribution in [3.8, 4) is 22.3 Å². The summed E-state index contributed by atoms with van der Waals surface area (Å²) in [5.41, 5.74) is 9.24. The van der Waals surface area contributed by atoms with E-state index >= 15 is 0 Å². The number of hydrogen-bond donors (Lipinski definition) is 0. The van der Waals surface area contributed by atoms with Gasteiger partial charge in [0.2, 0.25) is 0 Å². The molecule has 0 radical (unpaired) electrons. The molecule has 0 aliphatic carbocycles. The summed E-state index contributed by atoms with van der Waals surface area (Å²) >= 11 is 0. The third-order valence-corrected chi connectivity index (χ3v) is 4.36. The Bertz CT molecular complexity index is 825. The molecule has 0 nitrogen and oxygen atoms in total. The maximum Gasteiger partial charge on any atom is -0.0143 e. The van der Waals surface area contributed by atoms with Crippen LogP contribution in [0.25, 0.3) is 22.3 Å². The van der Waals surface area contributed by atoms with Crippen molar-refractivity contribution in [3.63, 3.8) is 0 Å². The minimum atomic E-state index is 0.511. The molecule has 0 unspecified atom stereocenters. The van der Waals surface area contributed by atoms with E-state index in [2.05, 4.69) is 94.4 Å². The lowest BCUT2D eigenvalue weighted by Crippen LogP contribution is -1.94. The monoisotopic (exact) mass is 300 g/mol. The second-order valence-corrected chi connectivity index (χ2v) is 6.70. The fourth-order valence-electron chi connectivity index (χ4n) is 3.13. The maximum atomic E-state index is 2.35. The highest BCUT2D eigenvalue weighted by molar-refractivity contribution is 5.76. The van der Waals surface area contributed by atoms with Gasteiger partial charge in [-0.3, -0.25) is 0 Å². The van der Waals surface area contributed by atoms with E-state index in [1.165, 1.54) is 38.9 Å². The topological polar surface area (TPSA) is 0 Å². The van der Waals surface area contributed by atoms with Gasteiger partial charge in [0, 0.05) is 0 Å². The van der Waals surface area contributed by atoms with Gasteiger partial charge in [0.15, 0.2) is 0 Å². The molecule has 0 N–H and O–H groups in total. The van der Waals surface area contributed by atoms with Crippen molar-refractivity contribution in [2.45, 2.75) is 33.6 Å². The SMILES string of the molecule is Cc1cccc(-c2ccc(C(C)C)c(-c3cccc(C)c3)c2)c1. The summed E-state index contributed by atoms with van der Waals surface area (Å²) < 4.78 is 0. The van der Waals surface area contributed by atoms with Crippen molar-refractivity contribution in [3.05, 3.63) is 83.4 Å². The van der Waals surface area contributed by atoms with Crippen LogP contribution in [0, 0.1) is 13.8 Å². The van der Waals surface area contributed by atoms with E-state index in [1.54, 1.807) is 0 Å². The van der Waals surface area contributed by atoms with Crippen LogP contribution in [0.3, 0.4) is 0 Å². The van der Waals surface area contributed by atoms with Crippen molar-refractivity contribution in [1.82, 2.24) is 0 Å². The standard InChI is InChI=1S/C23H24/c1-16(2)22-12-11-20(19-9-5-7-17(3)13-19)15-23(22)21-10-6-8-18(4)14-21/h5-16H,1-4H3. The first-order valence-electron chi connectivity index (χ1n) is 8.32. The van der Waals surface area contributed by atoms with Gasteiger partial charge in [0.25, 0.3) is 0 Å². The molecule has 0 aliphatic heterocycles. The fourth-order valence-corrected chi connectivity index (χ4v) is 3.13. The van der Waals surface area contributed by atoms with Crippen LogP contribution in [0.5, 0.6) is 0 Å². The third kappa shape index (κ3) is 3.37. The highest BCUT2D eigenvalue weighted by Crippen LogP contribution is 2.34. The number of aryl methyl sites for hydroxylation is 2. The van der Waals surface area contributed by atoms with E-state index in [1.807, 2.05) is 0 Å². The molecule has 23 heavy (non-hydrogen) atoms. The lowest BCUT2D eigenvalue weighted by molar-refractivity contribution is 0.869. The Morgan fingerprint density at radius 2 is 1.17 bits per heavy atom. The molecule has 0 saturated carbocycles. The average Bonchev–Trinajstić information content (AvgIpc) is 2.54. The first-order chi connectivity index (χ1) is 11.0. The molecular formula is C23H24. The van der Waals surface area contributed by atoms with Gasteiger partial charge in [-0.15, -0.1) is 0 Å². The Morgan fingerprint density at radius 3 is 1.78 bits per heavy atom. The summed E-state index contributed by atoms with van der Waals surface area (Å²) in [4.78, 5) is 0. The van der Waals surface area contributed by atoms with Crippen molar-refractivity contribution in [2.75, 3.05) is 0 Å². The maximum absolute atomic E-state index is 2.35. The Hall–Kier alpha value is -2.34. The van der Waals surface area contributed by atoms with Crippen LogP contribution in [0.4, 0.5) is 0 Å². The van der Waals surface area contributed by atoms with Crippen molar-refractivity contribution >= 4 is 0 Å². The molecule has 0 atom stereocenters. The molecule has 116 valence electrons. The van der Waals surface area contributed by atoms with Crippen molar-refractivity contribution in [2.24, 2.45) is 0 Å². The van der Waals surface area contributed by atoms with E-state index in [4.69, 9.17) is 0 Å². The number of benzene rings is 3. The second-order valence-electron chi connectivity index (χ2n) is 6.70. The van der Waals surface area contributed by atoms with Crippen LogP contribution in [0.1, 0.15) is 36.5 Å². The first kappa shape index (κ1) is 15.6. The normalized spacial score (nSPS) is 11.0. The van der Waals surface area contributed by atoms with Gasteiger partial charge in [-0.1, -0.05) is 85.6 Å². The minimum absolute atomic E-state index is 0.511. The number of rotatable bonds is 3. The molecule has 0 bridgehead atoms. The molecule has 3 aromatic rings. The van der Waals surface area contributed by atoms with Crippen LogP contribution >= 0.6 is 0 Å². The summed E-state index contributed by atoms with van der Waals surface area (Å²) in [5.74, 6) is 0.511. The average molecular weight is 300 g/mol. The first-order valence-corrected chi connectivity index (χ1v) is 8.32. The van der Waals surface area contributed by atoms with Gasteiger partial charge in [0.1, 0.15) is 0 Å². The Labute approximate surface area is 139 Å². The predicted octanol–water partition coefficient (Wildman–Crippen LogP) is 6.76. The Balaban J connectivity index is 2.18. The van der Waals surface area contributed by atoms with Crippen molar-refractivity contribution in [1.29, 1.82) is 0 Å². The van der Waals surface area contributed by atoms with E-state index in [9.17, 15) is 0 Å². The molecule has 0 amide bonds. The zero-order chi connectivity index (χ0) is 16.4. The summed E-state index contributed by atoms with van der Waals surface area (Å²) in [5, 5.41) is 0. The lowest BCUT2D eigenvalue weighted by Gasteiger charge is -2.16. The summed E-state index contributed by atoms with van der Waals surface area (Å²) in [6, 6.07) is 24.4. The second kappa shape index (κ2) is 6.42. The van der Waals surface area contributed by atoms with E-state index in [0.717, 1.165) is 0 Å². The molecule has 3 rings (SSSR count). The smallest absolute Gasteiger partial charge is 0.0143 e. The molecule has 0 heteroatoms. The highest BCUT2D eigenvalue weighted by atomic mass is 14.1. The largest absolute Gasteiger partial charge is 0.0614 e. The molecule has 0 aromatic heterocycles. The molecule has 0 aliphatic rings. The summed E-state index contributed by atoms with van der Waals surface area (Å²) in [6.45, 7) is 8.83. The fraction of sp³-hybridized carbons (Fsp3) is 0.217. The minimum Gasteiger partial charge on any atom is -0.0614 e. The third-order valence-electron chi connectivity index (χ3n) is 4.36. The molecule has 0 spiro atoms. The van der Waals surface area contributed by atoms with Crippen LogP contribution in [0.2, 0.25) is 0 Å². The lowest BCUT2D eigenvalue weighted by atomic mass is 9.89. The zero-order valence-electron chi connectivity index (χ0n) is 14.4. The molecule has 0 heterocycles. The Morgan fingerprint density at radius 1 is 0.609 bits per heavy atom. The highest BCUT2D eigenvalue weighted by Gasteiger charge is 2.11. The Kier molecular flexibility index (Phi) is 4.34. The van der Waals surface area contributed by atoms with E-state index in [-0.39, 0.29) is 0 Å². The van der Waals surface area contributed by atoms with E-state index in [0.29, 0.717) is 5.92 Å². The van der Waals surface area contributed by atoms with Crippen molar-refractivity contribution < 1.29 is 0 Å². The molecular weight excluding hydrogens is 276 g/mol. The van der Waals surface area contributed by atoms with Gasteiger partial charge in [-0.2, -0.15) is 0 Å². The summed E-state index contributed by atoms with van der Waals surface area (Å²) in [6.07, 6.45) is 0. The van der Waals surface area contributed by atoms with Crippen LogP contribution in [0.15, 0.2) is 66.7 Å². The molecule has 3 aromatic carbocycles. The molecule has 0 saturated heterocycles. The van der Waals surface area contributed by atoms with Crippen LogP contribution in [-0.4, -0.2) is 0 Å². The van der Waals surface area contributed by atoms with Crippen LogP contribution < -0.4 is 0 Å². The van der Waals surface area contributed by atoms with Gasteiger partial charge >= 0.3 is 0 Å². The van der Waals surface area contributed by atoms with Gasteiger partial charge in [-0.25, -0.2) is 0 Å². The van der Waals surface area contributed by atoms with E-state index < -0.39 is 0 Å². The van der Waals surface area contributed by atoms with Gasteiger partial charge in [-0.05, 0) is 53.6 Å². The van der Waals surface area contributed by atoms with Gasteiger partial charge in [0.05, 0.1) is 0 Å². The number of hydrogen-bond acceptors (Lipinski definition) is 0. The summed E-state index contributed by atoms with van der Waals surface area (Å²) in [7, 11) is 0. The predicted molar refractivity (Wildman–Crippen MR) is 101 cm³/mol. The zero-order valence-corrected chi connectivity index (χ0v) is 14.4. The van der Waals surface area contributed by atoms with Crippen LogP contribution in [-0.2, 0) is 0 Å². The molecule has 0 fully saturated rings. The quantitative estimate of drug-likeness (QED) is 0.501. The van der Waals surface area contributed by atoms with Gasteiger partial charge < -0.3 is 0 Å².